The van der Waals surface area contributed by atoms with Gasteiger partial charge in [0.25, 0.3) is 0 Å². The van der Waals surface area contributed by atoms with Gasteiger partial charge in [-0.25, -0.2) is 18.9 Å². The number of aryl methyl sites for hydroxylation is 2. The number of pyridine rings is 1. The Morgan fingerprint density at radius 3 is 2.66 bits per heavy atom. The normalized spacial score (nSPS) is 19.4. The van der Waals surface area contributed by atoms with Crippen molar-refractivity contribution in [1.82, 2.24) is 34.3 Å². The third kappa shape index (κ3) is 5.81. The van der Waals surface area contributed by atoms with Crippen LogP contribution in [0.25, 0.3) is 44.0 Å². The highest BCUT2D eigenvalue weighted by atomic mass is 19.1. The zero-order valence-electron chi connectivity index (χ0n) is 30.0. The Labute approximate surface area is 291 Å². The molecular formula is C38H45FN8O3. The average Bonchev–Trinajstić information content (AvgIpc) is 3.79. The number of rotatable bonds is 6. The summed E-state index contributed by atoms with van der Waals surface area (Å²) < 4.78 is 33.5. The Bertz CT molecular complexity index is 2160. The number of hydrogen-bond acceptors (Lipinski definition) is 8. The molecule has 2 saturated heterocycles. The predicted octanol–water partition coefficient (Wildman–Crippen LogP) is 7.43. The largest absolute Gasteiger partial charge is 0.471 e. The average molecular weight is 681 g/mol. The van der Waals surface area contributed by atoms with Crippen molar-refractivity contribution >= 4 is 38.9 Å². The lowest BCUT2D eigenvalue weighted by Gasteiger charge is -2.36. The van der Waals surface area contributed by atoms with Crippen LogP contribution in [0.1, 0.15) is 77.1 Å². The molecule has 0 saturated carbocycles. The third-order valence-corrected chi connectivity index (χ3v) is 10.2. The van der Waals surface area contributed by atoms with Gasteiger partial charge in [-0.1, -0.05) is 17.3 Å². The van der Waals surface area contributed by atoms with Crippen LogP contribution >= 0.6 is 0 Å². The van der Waals surface area contributed by atoms with Crippen molar-refractivity contribution in [3.63, 3.8) is 0 Å². The Morgan fingerprint density at radius 1 is 1.14 bits per heavy atom. The minimum absolute atomic E-state index is 0.137. The summed E-state index contributed by atoms with van der Waals surface area (Å²) in [5.74, 6) is -0.278. The van der Waals surface area contributed by atoms with Gasteiger partial charge in [0, 0.05) is 47.7 Å². The van der Waals surface area contributed by atoms with Gasteiger partial charge in [0.05, 0.1) is 12.5 Å². The summed E-state index contributed by atoms with van der Waals surface area (Å²) in [6.07, 6.45) is 5.39. The molecule has 2 aromatic carbocycles. The van der Waals surface area contributed by atoms with E-state index in [9.17, 15) is 10.1 Å². The Morgan fingerprint density at radius 2 is 1.94 bits per heavy atom. The van der Waals surface area contributed by atoms with Crippen LogP contribution in [0.3, 0.4) is 0 Å². The summed E-state index contributed by atoms with van der Waals surface area (Å²) in [6.45, 7) is 10.9. The van der Waals surface area contributed by atoms with E-state index in [0.29, 0.717) is 46.1 Å². The molecule has 12 heteroatoms. The molecule has 0 bridgehead atoms. The summed E-state index contributed by atoms with van der Waals surface area (Å²) in [7, 11) is 4.02. The number of nitriles is 1. The first-order valence-corrected chi connectivity index (χ1v) is 17.6. The number of carbonyl (C=O) groups is 1. The molecule has 50 heavy (non-hydrogen) atoms. The first-order chi connectivity index (χ1) is 23.9. The van der Waals surface area contributed by atoms with Crippen molar-refractivity contribution in [2.75, 3.05) is 20.1 Å². The van der Waals surface area contributed by atoms with Crippen LogP contribution < -0.4 is 4.74 Å². The van der Waals surface area contributed by atoms with Crippen molar-refractivity contribution in [3.8, 4) is 23.1 Å². The standard InChI is InChI=1S/C38H45FN8O3/c1-22-20-26-33(32(39)30(22)25-12-10-13-28-31(25)24(16-17-40)21-45(28)7)41-36(49-23(2)27-14-11-18-44(27)6)34-35(26)47(43-42-34)29-15-8-9-19-46(29)37(48)50-38(3,4)5/h10,12-13,20-21,23,27,29H,8-9,11,14-16,18-19H2,1-7H3/t23-,27-,29?/m0/s1. The van der Waals surface area contributed by atoms with Crippen molar-refractivity contribution in [1.29, 1.82) is 5.26 Å². The van der Waals surface area contributed by atoms with E-state index in [1.807, 2.05) is 76.7 Å². The van der Waals surface area contributed by atoms with Gasteiger partial charge in [0.2, 0.25) is 5.88 Å². The van der Waals surface area contributed by atoms with Gasteiger partial charge in [-0.05, 0) is 109 Å². The van der Waals surface area contributed by atoms with Gasteiger partial charge in [0.15, 0.2) is 11.3 Å². The molecule has 2 aliphatic heterocycles. The number of benzene rings is 2. The first-order valence-electron chi connectivity index (χ1n) is 17.6. The van der Waals surface area contributed by atoms with Crippen LogP contribution in [0.15, 0.2) is 30.5 Å². The van der Waals surface area contributed by atoms with Gasteiger partial charge >= 0.3 is 6.09 Å². The number of fused-ring (bicyclic) bond motifs is 4. The molecule has 0 aliphatic carbocycles. The first kappa shape index (κ1) is 33.7. The maximum atomic E-state index is 17.4. The number of likely N-dealkylation sites (tertiary alicyclic amines) is 2. The molecule has 5 heterocycles. The minimum atomic E-state index is -0.671. The Kier molecular flexibility index (Phi) is 8.67. The number of nitrogens with zero attached hydrogens (tertiary/aromatic N) is 8. The van der Waals surface area contributed by atoms with Crippen molar-refractivity contribution in [2.24, 2.45) is 7.05 Å². The fourth-order valence-corrected chi connectivity index (χ4v) is 7.97. The van der Waals surface area contributed by atoms with Crippen LogP contribution in [-0.2, 0) is 18.2 Å². The fourth-order valence-electron chi connectivity index (χ4n) is 7.97. The predicted molar refractivity (Wildman–Crippen MR) is 190 cm³/mol. The number of ether oxygens (including phenoxy) is 2. The smallest absolute Gasteiger partial charge is 0.412 e. The topological polar surface area (TPSA) is 114 Å². The van der Waals surface area contributed by atoms with Crippen molar-refractivity contribution in [2.45, 2.75) is 97.1 Å². The van der Waals surface area contributed by atoms with E-state index in [1.54, 1.807) is 9.58 Å². The van der Waals surface area contributed by atoms with Crippen LogP contribution in [0.2, 0.25) is 0 Å². The monoisotopic (exact) mass is 680 g/mol. The molecule has 0 radical (unpaired) electrons. The van der Waals surface area contributed by atoms with Crippen LogP contribution in [0.4, 0.5) is 9.18 Å². The molecule has 5 aromatic rings. The number of carbonyl (C=O) groups excluding carboxylic acids is 1. The number of likely N-dealkylation sites (N-methyl/N-ethyl adjacent to an activating group) is 1. The molecule has 1 unspecified atom stereocenters. The summed E-state index contributed by atoms with van der Waals surface area (Å²) in [6, 6.07) is 10.2. The van der Waals surface area contributed by atoms with Gasteiger partial charge in [-0.2, -0.15) is 5.26 Å². The highest BCUT2D eigenvalue weighted by molar-refractivity contribution is 6.08. The lowest BCUT2D eigenvalue weighted by Crippen LogP contribution is -2.44. The number of halogens is 1. The van der Waals surface area contributed by atoms with E-state index in [4.69, 9.17) is 14.5 Å². The SMILES string of the molecule is Cc1cc2c(nc(O[C@@H](C)[C@@H]3CCCN3C)c3nnn(C4CCCCN4C(=O)OC(C)(C)C)c32)c(F)c1-c1cccc2c1c(CC#N)cn2C. The minimum Gasteiger partial charge on any atom is -0.471 e. The molecule has 2 aliphatic rings. The number of hydrogen-bond donors (Lipinski definition) is 0. The summed E-state index contributed by atoms with van der Waals surface area (Å²) in [5.41, 5.74) is 4.02. The molecule has 3 aromatic heterocycles. The number of aromatic nitrogens is 5. The third-order valence-electron chi connectivity index (χ3n) is 10.2. The van der Waals surface area contributed by atoms with Crippen LogP contribution in [0, 0.1) is 24.1 Å². The van der Waals surface area contributed by atoms with Gasteiger partial charge < -0.3 is 14.0 Å². The highest BCUT2D eigenvalue weighted by Gasteiger charge is 2.36. The Balaban J connectivity index is 1.46. The van der Waals surface area contributed by atoms with Gasteiger partial charge in [-0.3, -0.25) is 9.80 Å². The van der Waals surface area contributed by atoms with E-state index in [2.05, 4.69) is 28.3 Å². The molecule has 0 spiro atoms. The second-order valence-corrected chi connectivity index (χ2v) is 14.9. The summed E-state index contributed by atoms with van der Waals surface area (Å²) in [5, 5.41) is 20.2. The van der Waals surface area contributed by atoms with Gasteiger partial charge in [0.1, 0.15) is 28.9 Å². The number of amides is 1. The van der Waals surface area contributed by atoms with Crippen LogP contribution in [0.5, 0.6) is 5.88 Å². The molecule has 0 N–H and O–H groups in total. The molecule has 11 nitrogen and oxygen atoms in total. The molecule has 2 fully saturated rings. The highest BCUT2D eigenvalue weighted by Crippen LogP contribution is 2.42. The number of piperidine rings is 1. The lowest BCUT2D eigenvalue weighted by atomic mass is 9.93. The van der Waals surface area contributed by atoms with E-state index in [1.165, 1.54) is 0 Å². The maximum absolute atomic E-state index is 17.4. The summed E-state index contributed by atoms with van der Waals surface area (Å²) in [4.78, 5) is 22.4. The zero-order valence-corrected chi connectivity index (χ0v) is 30.0. The maximum Gasteiger partial charge on any atom is 0.412 e. The van der Waals surface area contributed by atoms with E-state index >= 15 is 4.39 Å². The molecule has 1 amide bonds. The summed E-state index contributed by atoms with van der Waals surface area (Å²) >= 11 is 0. The zero-order chi connectivity index (χ0) is 35.5. The Hall–Kier alpha value is -4.76. The van der Waals surface area contributed by atoms with E-state index in [0.717, 1.165) is 48.7 Å². The fraction of sp³-hybridized carbons (Fsp3) is 0.500. The van der Waals surface area contributed by atoms with Gasteiger partial charge in [-0.15, -0.1) is 5.10 Å². The second kappa shape index (κ2) is 12.8. The molecule has 3 atom stereocenters. The second-order valence-electron chi connectivity index (χ2n) is 14.9. The quantitative estimate of drug-likeness (QED) is 0.182. The molecule has 262 valence electrons. The van der Waals surface area contributed by atoms with E-state index < -0.39 is 23.7 Å². The van der Waals surface area contributed by atoms with E-state index in [-0.39, 0.29) is 30.0 Å². The van der Waals surface area contributed by atoms with Crippen molar-refractivity contribution < 1.29 is 18.7 Å². The lowest BCUT2D eigenvalue weighted by molar-refractivity contribution is -0.00288. The van der Waals surface area contributed by atoms with Crippen LogP contribution in [-0.4, -0.2) is 78.3 Å². The molecular weight excluding hydrogens is 635 g/mol. The molecule has 7 rings (SSSR count). The van der Waals surface area contributed by atoms with Crippen molar-refractivity contribution in [3.05, 3.63) is 47.4 Å².